The van der Waals surface area contributed by atoms with Crippen molar-refractivity contribution < 1.29 is 4.79 Å². The Kier molecular flexibility index (Phi) is 4.64. The highest BCUT2D eigenvalue weighted by Gasteiger charge is 2.12. The normalized spacial score (nSPS) is 10.3. The van der Waals surface area contributed by atoms with Crippen LogP contribution in [0.1, 0.15) is 29.3 Å². The molecule has 1 amide bonds. The molecule has 0 atom stereocenters. The van der Waals surface area contributed by atoms with E-state index in [0.29, 0.717) is 16.3 Å². The first-order valence-corrected chi connectivity index (χ1v) is 6.94. The van der Waals surface area contributed by atoms with Crippen LogP contribution in [0.4, 0.5) is 11.4 Å². The number of hydrogen-bond donors (Lipinski definition) is 2. The molecule has 0 aliphatic carbocycles. The summed E-state index contributed by atoms with van der Waals surface area (Å²) in [7, 11) is 0. The summed E-state index contributed by atoms with van der Waals surface area (Å²) in [6, 6.07) is 12.6. The molecule has 2 rings (SSSR count). The number of hydrogen-bond acceptors (Lipinski definition) is 2. The molecule has 4 heteroatoms. The molecule has 2 aromatic carbocycles. The lowest BCUT2D eigenvalue weighted by molar-refractivity contribution is 0.102. The molecule has 104 valence electrons. The van der Waals surface area contributed by atoms with Gasteiger partial charge in [0.15, 0.2) is 0 Å². The molecule has 0 spiro atoms. The minimum atomic E-state index is -0.242. The summed E-state index contributed by atoms with van der Waals surface area (Å²) in [5, 5.41) is 3.39. The number of rotatable bonds is 4. The monoisotopic (exact) mass is 288 g/mol. The Morgan fingerprint density at radius 3 is 2.75 bits per heavy atom. The van der Waals surface area contributed by atoms with Gasteiger partial charge in [-0.1, -0.05) is 43.1 Å². The molecule has 3 nitrogen and oxygen atoms in total. The van der Waals surface area contributed by atoms with Crippen LogP contribution < -0.4 is 11.1 Å². The second-order valence-electron chi connectivity index (χ2n) is 4.59. The highest BCUT2D eigenvalue weighted by molar-refractivity contribution is 6.31. The zero-order valence-electron chi connectivity index (χ0n) is 11.3. The van der Waals surface area contributed by atoms with Gasteiger partial charge in [0.2, 0.25) is 0 Å². The molecule has 0 aliphatic heterocycles. The fraction of sp³-hybridized carbons (Fsp3) is 0.188. The van der Waals surface area contributed by atoms with E-state index in [1.807, 2.05) is 24.3 Å². The summed E-state index contributed by atoms with van der Waals surface area (Å²) in [4.78, 5) is 12.3. The first-order chi connectivity index (χ1) is 9.61. The molecular weight excluding hydrogens is 272 g/mol. The number of aryl methyl sites for hydroxylation is 1. The van der Waals surface area contributed by atoms with Crippen LogP contribution in [0, 0.1) is 0 Å². The minimum Gasteiger partial charge on any atom is -0.398 e. The van der Waals surface area contributed by atoms with Gasteiger partial charge in [-0.2, -0.15) is 0 Å². The smallest absolute Gasteiger partial charge is 0.257 e. The standard InChI is InChI=1S/C16H17ClN2O/c1-2-5-11-6-3-4-7-15(11)19-16(20)13-10-12(17)8-9-14(13)18/h3-4,6-10H,2,5,18H2,1H3,(H,19,20). The number of halogens is 1. The lowest BCUT2D eigenvalue weighted by Crippen LogP contribution is -2.15. The highest BCUT2D eigenvalue weighted by Crippen LogP contribution is 2.21. The number of carbonyl (C=O) groups is 1. The van der Waals surface area contributed by atoms with Gasteiger partial charge in [0.1, 0.15) is 0 Å². The summed E-state index contributed by atoms with van der Waals surface area (Å²) in [6.07, 6.45) is 1.94. The Balaban J connectivity index is 2.26. The maximum absolute atomic E-state index is 12.3. The van der Waals surface area contributed by atoms with E-state index < -0.39 is 0 Å². The number of nitrogens with one attached hydrogen (secondary N) is 1. The molecule has 0 radical (unpaired) electrons. The summed E-state index contributed by atoms with van der Waals surface area (Å²) >= 11 is 5.91. The first-order valence-electron chi connectivity index (χ1n) is 6.56. The van der Waals surface area contributed by atoms with Gasteiger partial charge in [0.25, 0.3) is 5.91 Å². The van der Waals surface area contributed by atoms with Crippen molar-refractivity contribution in [3.8, 4) is 0 Å². The summed E-state index contributed by atoms with van der Waals surface area (Å²) in [5.74, 6) is -0.242. The summed E-state index contributed by atoms with van der Waals surface area (Å²) in [5.41, 5.74) is 8.56. The molecule has 2 aromatic rings. The van der Waals surface area contributed by atoms with Crippen molar-refractivity contribution in [2.24, 2.45) is 0 Å². The fourth-order valence-corrected chi connectivity index (χ4v) is 2.22. The predicted octanol–water partition coefficient (Wildman–Crippen LogP) is 4.13. The molecule has 20 heavy (non-hydrogen) atoms. The van der Waals surface area contributed by atoms with Crippen molar-refractivity contribution >= 4 is 28.9 Å². The number of benzene rings is 2. The van der Waals surface area contributed by atoms with Crippen LogP contribution in [-0.4, -0.2) is 5.91 Å². The van der Waals surface area contributed by atoms with E-state index in [4.69, 9.17) is 17.3 Å². The number of anilines is 2. The lowest BCUT2D eigenvalue weighted by Gasteiger charge is -2.11. The quantitative estimate of drug-likeness (QED) is 0.831. The topological polar surface area (TPSA) is 55.1 Å². The Morgan fingerprint density at radius 2 is 2.00 bits per heavy atom. The van der Waals surface area contributed by atoms with Crippen molar-refractivity contribution in [3.05, 3.63) is 58.6 Å². The highest BCUT2D eigenvalue weighted by atomic mass is 35.5. The molecule has 0 saturated carbocycles. The number of nitrogens with two attached hydrogens (primary N) is 1. The van der Waals surface area contributed by atoms with E-state index in [-0.39, 0.29) is 5.91 Å². The zero-order valence-corrected chi connectivity index (χ0v) is 12.1. The molecule has 0 aliphatic rings. The third kappa shape index (κ3) is 3.31. The second kappa shape index (κ2) is 6.44. The van der Waals surface area contributed by atoms with E-state index >= 15 is 0 Å². The molecule has 0 heterocycles. The van der Waals surface area contributed by atoms with E-state index in [9.17, 15) is 4.79 Å². The van der Waals surface area contributed by atoms with Gasteiger partial charge in [-0.3, -0.25) is 4.79 Å². The van der Waals surface area contributed by atoms with Gasteiger partial charge in [-0.25, -0.2) is 0 Å². The van der Waals surface area contributed by atoms with Crippen LogP contribution in [0.3, 0.4) is 0 Å². The Labute approximate surface area is 123 Å². The van der Waals surface area contributed by atoms with Gasteiger partial charge in [0.05, 0.1) is 5.56 Å². The van der Waals surface area contributed by atoms with Gasteiger partial charge in [-0.05, 0) is 36.2 Å². The number of amides is 1. The molecular formula is C16H17ClN2O. The van der Waals surface area contributed by atoms with Crippen LogP contribution >= 0.6 is 11.6 Å². The average molecular weight is 289 g/mol. The van der Waals surface area contributed by atoms with Crippen molar-refractivity contribution in [1.82, 2.24) is 0 Å². The van der Waals surface area contributed by atoms with Crippen LogP contribution in [0.15, 0.2) is 42.5 Å². The summed E-state index contributed by atoms with van der Waals surface area (Å²) < 4.78 is 0. The Hall–Kier alpha value is -2.00. The molecule has 0 unspecified atom stereocenters. The largest absolute Gasteiger partial charge is 0.398 e. The van der Waals surface area contributed by atoms with E-state index in [0.717, 1.165) is 24.1 Å². The predicted molar refractivity (Wildman–Crippen MR) is 84.3 cm³/mol. The molecule has 0 saturated heterocycles. The third-order valence-corrected chi connectivity index (χ3v) is 3.28. The SMILES string of the molecule is CCCc1ccccc1NC(=O)c1cc(Cl)ccc1N. The van der Waals surface area contributed by atoms with Gasteiger partial charge in [-0.15, -0.1) is 0 Å². The summed E-state index contributed by atoms with van der Waals surface area (Å²) in [6.45, 7) is 2.10. The second-order valence-corrected chi connectivity index (χ2v) is 5.03. The number of para-hydroxylation sites is 1. The third-order valence-electron chi connectivity index (χ3n) is 3.04. The van der Waals surface area contributed by atoms with Crippen molar-refractivity contribution in [2.45, 2.75) is 19.8 Å². The maximum Gasteiger partial charge on any atom is 0.257 e. The van der Waals surface area contributed by atoms with E-state index in [1.54, 1.807) is 18.2 Å². The maximum atomic E-state index is 12.3. The van der Waals surface area contributed by atoms with E-state index in [1.165, 1.54) is 0 Å². The van der Waals surface area contributed by atoms with Gasteiger partial charge in [0, 0.05) is 16.4 Å². The Bertz CT molecular complexity index is 626. The van der Waals surface area contributed by atoms with Gasteiger partial charge >= 0.3 is 0 Å². The fourth-order valence-electron chi connectivity index (χ4n) is 2.04. The average Bonchev–Trinajstić information content (AvgIpc) is 2.44. The van der Waals surface area contributed by atoms with Crippen LogP contribution in [0.5, 0.6) is 0 Å². The van der Waals surface area contributed by atoms with Gasteiger partial charge < -0.3 is 11.1 Å². The molecule has 0 bridgehead atoms. The van der Waals surface area contributed by atoms with Crippen molar-refractivity contribution in [2.75, 3.05) is 11.1 Å². The van der Waals surface area contributed by atoms with Crippen LogP contribution in [0.2, 0.25) is 5.02 Å². The molecule has 0 aromatic heterocycles. The van der Waals surface area contributed by atoms with Crippen LogP contribution in [0.25, 0.3) is 0 Å². The molecule has 3 N–H and O–H groups in total. The number of carbonyl (C=O) groups excluding carboxylic acids is 1. The van der Waals surface area contributed by atoms with Crippen LogP contribution in [-0.2, 0) is 6.42 Å². The Morgan fingerprint density at radius 1 is 1.25 bits per heavy atom. The number of nitrogen functional groups attached to an aromatic ring is 1. The van der Waals surface area contributed by atoms with E-state index in [2.05, 4.69) is 12.2 Å². The molecule has 0 fully saturated rings. The van der Waals surface area contributed by atoms with Crippen molar-refractivity contribution in [1.29, 1.82) is 0 Å². The minimum absolute atomic E-state index is 0.242. The van der Waals surface area contributed by atoms with Crippen molar-refractivity contribution in [3.63, 3.8) is 0 Å². The lowest BCUT2D eigenvalue weighted by atomic mass is 10.1. The zero-order chi connectivity index (χ0) is 14.5. The first kappa shape index (κ1) is 14.4.